The van der Waals surface area contributed by atoms with Gasteiger partial charge in [0.1, 0.15) is 0 Å². The molecule has 0 fully saturated rings. The molecule has 3 aromatic carbocycles. The zero-order valence-corrected chi connectivity index (χ0v) is 21.7. The van der Waals surface area contributed by atoms with Crippen LogP contribution in [0.4, 0.5) is 0 Å². The number of rotatable bonds is 8. The van der Waals surface area contributed by atoms with Crippen molar-refractivity contribution in [1.29, 1.82) is 0 Å². The van der Waals surface area contributed by atoms with E-state index in [0.717, 1.165) is 12.8 Å². The van der Waals surface area contributed by atoms with E-state index in [2.05, 4.69) is 112 Å². The molecule has 169 valence electrons. The Labute approximate surface area is 219 Å². The van der Waals surface area contributed by atoms with Crippen molar-refractivity contribution in [2.24, 2.45) is 0 Å². The third-order valence-corrected chi connectivity index (χ3v) is 9.04. The van der Waals surface area contributed by atoms with Gasteiger partial charge in [0, 0.05) is 15.3 Å². The molecule has 2 nitrogen and oxygen atoms in total. The molecule has 0 unspecified atom stereocenters. The molecule has 5 heteroatoms. The molecule has 2 atom stereocenters. The first kappa shape index (κ1) is 30.9. The molecule has 32 heavy (non-hydrogen) atoms. The minimum Gasteiger partial charge on any atom is -0.652 e. The summed E-state index contributed by atoms with van der Waals surface area (Å²) in [7, 11) is -0.460. The summed E-state index contributed by atoms with van der Waals surface area (Å²) in [5, 5.41) is 2.64. The fraction of sp³-hybridized carbons (Fsp3) is 0.259. The predicted octanol–water partition coefficient (Wildman–Crippen LogP) is 2.96. The van der Waals surface area contributed by atoms with Gasteiger partial charge in [0.2, 0.25) is 0 Å². The number of unbranched alkanes of at least 4 members (excludes halogenated alkanes) is 1. The van der Waals surface area contributed by atoms with E-state index in [1.165, 1.54) is 15.9 Å². The first-order valence-corrected chi connectivity index (χ1v) is 13.0. The van der Waals surface area contributed by atoms with Gasteiger partial charge in [-0.05, 0) is 5.56 Å². The Morgan fingerprint density at radius 1 is 0.781 bits per heavy atom. The molecular formula is C27H34CuLiNOSi. The zero-order chi connectivity index (χ0) is 21.8. The Hall–Kier alpha value is -1.09. The number of hydrogen-bond donors (Lipinski definition) is 0. The van der Waals surface area contributed by atoms with Gasteiger partial charge in [-0.15, -0.1) is 6.04 Å². The summed E-state index contributed by atoms with van der Waals surface area (Å²) >= 11 is 0. The maximum atomic E-state index is 5.84. The van der Waals surface area contributed by atoms with Crippen LogP contribution in [0.1, 0.15) is 31.4 Å². The minimum atomic E-state index is -2.23. The van der Waals surface area contributed by atoms with Crippen molar-refractivity contribution in [2.75, 3.05) is 7.11 Å². The Morgan fingerprint density at radius 2 is 1.16 bits per heavy atom. The maximum absolute atomic E-state index is 5.84. The van der Waals surface area contributed by atoms with Crippen LogP contribution in [0.25, 0.3) is 4.98 Å². The van der Waals surface area contributed by atoms with Gasteiger partial charge in [0.05, 0.1) is 6.10 Å². The van der Waals surface area contributed by atoms with Gasteiger partial charge in [-0.25, -0.2) is 12.8 Å². The van der Waals surface area contributed by atoms with Crippen LogP contribution in [0, 0.1) is 13.8 Å². The first-order valence-electron chi connectivity index (χ1n) is 10.6. The third-order valence-electron chi connectivity index (χ3n) is 5.20. The SMILES string of the molecule is CO[C@H](c1ccccc1)[C@H](C)[N-][Si](C)(c1ccccc1)c1ccccc1.[CH2-]CC[CH2-].[Cu+2].[Li+]. The summed E-state index contributed by atoms with van der Waals surface area (Å²) in [6.45, 7) is 11.6. The topological polar surface area (TPSA) is 23.3 Å². The van der Waals surface area contributed by atoms with E-state index >= 15 is 0 Å². The molecule has 0 spiro atoms. The monoisotopic (exact) mass is 486 g/mol. The number of hydrogen-bond acceptors (Lipinski definition) is 1. The summed E-state index contributed by atoms with van der Waals surface area (Å²) in [5.74, 6) is 0. The smallest absolute Gasteiger partial charge is 0.652 e. The molecular weight excluding hydrogens is 453 g/mol. The van der Waals surface area contributed by atoms with E-state index in [1.54, 1.807) is 7.11 Å². The average molecular weight is 487 g/mol. The second-order valence-electron chi connectivity index (χ2n) is 7.45. The van der Waals surface area contributed by atoms with E-state index in [4.69, 9.17) is 9.72 Å². The van der Waals surface area contributed by atoms with Crippen LogP contribution in [0.2, 0.25) is 6.55 Å². The number of methoxy groups -OCH3 is 1. The summed E-state index contributed by atoms with van der Waals surface area (Å²) in [6, 6.07) is 31.8. The van der Waals surface area contributed by atoms with Crippen molar-refractivity contribution in [3.63, 3.8) is 0 Å². The molecule has 0 bridgehead atoms. The van der Waals surface area contributed by atoms with Crippen LogP contribution < -0.4 is 29.2 Å². The molecule has 0 aliphatic rings. The average Bonchev–Trinajstić information content (AvgIpc) is 2.81. The van der Waals surface area contributed by atoms with Crippen LogP contribution in [0.15, 0.2) is 91.0 Å². The number of ether oxygens (including phenoxy) is 1. The van der Waals surface area contributed by atoms with Gasteiger partial charge in [-0.3, -0.25) is 0 Å². The van der Waals surface area contributed by atoms with E-state index in [1.807, 2.05) is 6.07 Å². The Bertz CT molecular complexity index is 795. The largest absolute Gasteiger partial charge is 2.00 e. The van der Waals surface area contributed by atoms with Crippen molar-refractivity contribution < 1.29 is 40.7 Å². The van der Waals surface area contributed by atoms with Gasteiger partial charge >= 0.3 is 35.9 Å². The van der Waals surface area contributed by atoms with E-state index in [9.17, 15) is 0 Å². The molecule has 0 aliphatic carbocycles. The molecule has 0 saturated heterocycles. The van der Waals surface area contributed by atoms with Crippen molar-refractivity contribution in [3.05, 3.63) is 115 Å². The van der Waals surface area contributed by atoms with E-state index in [0.29, 0.717) is 0 Å². The Balaban J connectivity index is 0.00000148. The quantitative estimate of drug-likeness (QED) is 0.354. The second-order valence-corrected chi connectivity index (χ2v) is 11.0. The standard InChI is InChI=1S/C23H26NOSi.C4H8.Cu.Li/c1-19(23(25-2)20-13-7-4-8-14-20)24-26(3,21-15-9-5-10-16-21)22-17-11-6-12-18-22;1-3-4-2;;/h4-19,23H,1-3H3;1-4H2;;/q-1;-2;+2;+1/t19-,23-;;;/m0.../s1. The molecule has 0 N–H and O–H groups in total. The molecule has 0 aliphatic heterocycles. The molecule has 0 heterocycles. The van der Waals surface area contributed by atoms with Crippen LogP contribution in [-0.2, 0) is 21.8 Å². The molecule has 1 radical (unpaired) electrons. The Kier molecular flexibility index (Phi) is 16.0. The van der Waals surface area contributed by atoms with Crippen molar-refractivity contribution in [2.45, 2.75) is 38.5 Å². The van der Waals surface area contributed by atoms with Gasteiger partial charge in [-0.1, -0.05) is 115 Å². The maximum Gasteiger partial charge on any atom is 2.00 e. The van der Waals surface area contributed by atoms with Crippen LogP contribution >= 0.6 is 0 Å². The summed E-state index contributed by atoms with van der Waals surface area (Å²) in [6.07, 6.45) is 1.87. The van der Waals surface area contributed by atoms with Gasteiger partial charge in [-0.2, -0.15) is 0 Å². The normalized spacial score (nSPS) is 12.3. The van der Waals surface area contributed by atoms with Crippen molar-refractivity contribution in [1.82, 2.24) is 0 Å². The van der Waals surface area contributed by atoms with E-state index < -0.39 is 8.24 Å². The van der Waals surface area contributed by atoms with Crippen LogP contribution in [0.3, 0.4) is 0 Å². The van der Waals surface area contributed by atoms with Crippen molar-refractivity contribution in [3.8, 4) is 0 Å². The fourth-order valence-corrected chi connectivity index (χ4v) is 6.83. The Morgan fingerprint density at radius 3 is 1.50 bits per heavy atom. The second kappa shape index (κ2) is 16.5. The van der Waals surface area contributed by atoms with E-state index in [-0.39, 0.29) is 48.1 Å². The molecule has 3 aromatic rings. The summed E-state index contributed by atoms with van der Waals surface area (Å²) in [4.78, 5) is 5.41. The van der Waals surface area contributed by atoms with Crippen molar-refractivity contribution >= 4 is 18.6 Å². The fourth-order valence-electron chi connectivity index (χ4n) is 3.57. The molecule has 3 rings (SSSR count). The predicted molar refractivity (Wildman–Crippen MR) is 133 cm³/mol. The number of nitrogens with zero attached hydrogens (tertiary/aromatic N) is 1. The minimum absolute atomic E-state index is 0. The summed E-state index contributed by atoms with van der Waals surface area (Å²) < 4.78 is 5.84. The third kappa shape index (κ3) is 8.69. The van der Waals surface area contributed by atoms with Gasteiger partial charge < -0.3 is 23.6 Å². The zero-order valence-electron chi connectivity index (χ0n) is 19.8. The van der Waals surface area contributed by atoms with Gasteiger partial charge in [0.25, 0.3) is 0 Å². The molecule has 0 saturated carbocycles. The molecule has 0 amide bonds. The molecule has 0 aromatic heterocycles. The van der Waals surface area contributed by atoms with Crippen LogP contribution in [0.5, 0.6) is 0 Å². The summed E-state index contributed by atoms with van der Waals surface area (Å²) in [5.41, 5.74) is 1.17. The first-order chi connectivity index (χ1) is 14.6. The number of benzene rings is 3. The van der Waals surface area contributed by atoms with Gasteiger partial charge in [0.15, 0.2) is 0 Å². The van der Waals surface area contributed by atoms with Crippen LogP contribution in [-0.4, -0.2) is 21.4 Å².